The summed E-state index contributed by atoms with van der Waals surface area (Å²) >= 11 is 0. The van der Waals surface area contributed by atoms with E-state index in [4.69, 9.17) is 5.73 Å². The fourth-order valence-corrected chi connectivity index (χ4v) is 11.5. The number of aromatic hydroxyl groups is 1. The van der Waals surface area contributed by atoms with E-state index in [1.165, 1.54) is 79.7 Å². The maximum Gasteiger partial charge on any atom is 0.303 e. The van der Waals surface area contributed by atoms with Gasteiger partial charge in [0, 0.05) is 55.1 Å². The van der Waals surface area contributed by atoms with Crippen LogP contribution in [0.25, 0.3) is 10.9 Å². The molecule has 2 aromatic carbocycles. The van der Waals surface area contributed by atoms with Gasteiger partial charge in [0.05, 0.1) is 11.5 Å². The fourth-order valence-electron chi connectivity index (χ4n) is 11.5. The summed E-state index contributed by atoms with van der Waals surface area (Å²) in [4.78, 5) is 193. The van der Waals surface area contributed by atoms with Gasteiger partial charge in [0.2, 0.25) is 65.0 Å². The number of nitrogens with one attached hydrogen (secondary N) is 11. The van der Waals surface area contributed by atoms with E-state index < -0.39 is 154 Å². The Morgan fingerprint density at radius 3 is 1.66 bits per heavy atom. The second kappa shape index (κ2) is 39.2. The molecule has 28 nitrogen and oxygen atoms in total. The van der Waals surface area contributed by atoms with Gasteiger partial charge in [-0.3, -0.25) is 67.1 Å². The largest absolute Gasteiger partial charge is 0.508 e. The highest BCUT2D eigenvalue weighted by atomic mass is 16.4. The number of phenols is 1. The summed E-state index contributed by atoms with van der Waals surface area (Å²) in [5.74, 6) is -11.4. The highest BCUT2D eigenvalue weighted by Crippen LogP contribution is 2.31. The zero-order valence-corrected chi connectivity index (χ0v) is 58.9. The van der Waals surface area contributed by atoms with Crippen LogP contribution >= 0.6 is 0 Å². The van der Waals surface area contributed by atoms with E-state index in [-0.39, 0.29) is 75.2 Å². The van der Waals surface area contributed by atoms with Crippen LogP contribution in [0.5, 0.6) is 5.75 Å². The molecule has 0 aliphatic carbocycles. The number of aliphatic carboxylic acids is 1. The summed E-state index contributed by atoms with van der Waals surface area (Å²) in [6, 6.07) is 1.81. The van der Waals surface area contributed by atoms with Crippen LogP contribution in [0.15, 0.2) is 66.9 Å². The predicted octanol–water partition coefficient (Wildman–Crippen LogP) is 3.44. The number of nitrogens with two attached hydrogens (primary N) is 1. The minimum Gasteiger partial charge on any atom is -0.508 e. The van der Waals surface area contributed by atoms with E-state index in [2.05, 4.69) is 58.2 Å². The molecular formula is C71H104N12O16. The van der Waals surface area contributed by atoms with Gasteiger partial charge in [0.25, 0.3) is 0 Å². The summed E-state index contributed by atoms with van der Waals surface area (Å²) in [7, 11) is 0. The lowest BCUT2D eigenvalue weighted by atomic mass is 9.79. The van der Waals surface area contributed by atoms with Crippen LogP contribution in [0.4, 0.5) is 0 Å². The summed E-state index contributed by atoms with van der Waals surface area (Å²) in [5.41, 5.74) is 4.08. The van der Waals surface area contributed by atoms with Crippen molar-refractivity contribution < 1.29 is 77.3 Å². The standard InChI is InChI=1S/C71H104N12O16/c1-40(2)35-49-27-31-57(86)55(37-50-39-73-53-24-20-19-23-52(50)53)80-67(97)56(36-48-25-28-51(85)29-26-48)81-66(96)54(30-32-58(87)88)82-68(98)70(10,38-41(3)84)33-21-17-15-13-12-14-16-18-22-34-71(11,83-65(49)95)69(99)79-47(9)64(94)78-46(8)63(93)77-45(7)62(92)76-44(6)61(91)75-43(5)60(90)74-42(4)59(72)89/h14,16,19-20,23-26,28-29,39-40,42-47,49,54-56,73,85H,12-13,15,17-18,21-22,27,30-38H2,1-11H3,(H2,72,89)(H,74,90)(H,75,91)(H,76,92)(H,77,93)(H,78,94)(H,79,99)(H,80,97)(H,81,96)(H,82,98)(H,83,95)(H,87,88)/b16-14+/t42-,43?,44-,45?,46-,47?,49-,54-,55-,56?,70-,71-/m0/s1. The molecule has 4 rings (SSSR count). The number of fused-ring (bicyclic) bond motifs is 1. The maximum absolute atomic E-state index is 15.0. The van der Waals surface area contributed by atoms with Crippen molar-refractivity contribution in [2.75, 3.05) is 0 Å². The van der Waals surface area contributed by atoms with Crippen LogP contribution in [0.3, 0.4) is 0 Å². The summed E-state index contributed by atoms with van der Waals surface area (Å²) in [6.07, 6.45) is 8.82. The van der Waals surface area contributed by atoms with Gasteiger partial charge in [-0.25, -0.2) is 0 Å². The Hall–Kier alpha value is -9.50. The van der Waals surface area contributed by atoms with Crippen LogP contribution in [0.2, 0.25) is 0 Å². The minimum absolute atomic E-state index is 0.0578. The second-order valence-corrected chi connectivity index (χ2v) is 27.2. The first-order valence-corrected chi connectivity index (χ1v) is 34.1. The Balaban J connectivity index is 1.65. The molecule has 2 heterocycles. The number of ketones is 2. The van der Waals surface area contributed by atoms with Crippen LogP contribution in [-0.4, -0.2) is 158 Å². The number of carbonyl (C=O) groups excluding carboxylic acids is 13. The smallest absolute Gasteiger partial charge is 0.303 e. The number of hydrogen-bond acceptors (Lipinski definition) is 15. The molecule has 1 aliphatic rings. The third kappa shape index (κ3) is 27.0. The van der Waals surface area contributed by atoms with Gasteiger partial charge in [0.15, 0.2) is 5.78 Å². The lowest BCUT2D eigenvalue weighted by Gasteiger charge is -2.33. The Bertz CT molecular complexity index is 3390. The van der Waals surface area contributed by atoms with Crippen LogP contribution in [0.1, 0.15) is 184 Å². The number of allylic oxidation sites excluding steroid dienone is 2. The Kier molecular flexibility index (Phi) is 32.4. The van der Waals surface area contributed by atoms with Crippen LogP contribution in [-0.2, 0) is 80.0 Å². The third-order valence-corrected chi connectivity index (χ3v) is 17.6. The van der Waals surface area contributed by atoms with Gasteiger partial charge in [-0.2, -0.15) is 0 Å². The molecule has 544 valence electrons. The predicted molar refractivity (Wildman–Crippen MR) is 369 cm³/mol. The van der Waals surface area contributed by atoms with Crippen molar-refractivity contribution in [3.8, 4) is 5.75 Å². The van der Waals surface area contributed by atoms with Crippen molar-refractivity contribution in [3.63, 3.8) is 0 Å². The van der Waals surface area contributed by atoms with Crippen molar-refractivity contribution >= 4 is 93.4 Å². The number of carbonyl (C=O) groups is 14. The minimum atomic E-state index is -1.67. The zero-order chi connectivity index (χ0) is 73.9. The number of para-hydroxylation sites is 1. The van der Waals surface area contributed by atoms with Gasteiger partial charge in [0.1, 0.15) is 65.4 Å². The lowest BCUT2D eigenvalue weighted by molar-refractivity contribution is -0.140. The van der Waals surface area contributed by atoms with Crippen LogP contribution in [0, 0.1) is 17.3 Å². The first-order chi connectivity index (χ1) is 46.5. The number of aromatic amines is 1. The number of hydrogen-bond donors (Lipinski definition) is 14. The molecule has 0 fully saturated rings. The van der Waals surface area contributed by atoms with E-state index >= 15 is 0 Å². The van der Waals surface area contributed by atoms with E-state index in [9.17, 15) is 77.3 Å². The van der Waals surface area contributed by atoms with E-state index in [1.54, 1.807) is 13.1 Å². The molecule has 12 atom stereocenters. The van der Waals surface area contributed by atoms with Gasteiger partial charge in [-0.05, 0) is 148 Å². The molecule has 1 aromatic heterocycles. The lowest BCUT2D eigenvalue weighted by Crippen LogP contribution is -2.61. The molecule has 1 aliphatic heterocycles. The van der Waals surface area contributed by atoms with E-state index in [1.807, 2.05) is 50.3 Å². The normalized spacial score (nSPS) is 22.8. The third-order valence-electron chi connectivity index (χ3n) is 17.6. The number of aromatic nitrogens is 1. The quantitative estimate of drug-likeness (QED) is 0.0571. The summed E-state index contributed by atoms with van der Waals surface area (Å²) < 4.78 is 0. The first kappa shape index (κ1) is 81.9. The molecule has 99 heavy (non-hydrogen) atoms. The molecule has 0 spiro atoms. The average molecular weight is 1380 g/mol. The van der Waals surface area contributed by atoms with E-state index in [0.717, 1.165) is 23.7 Å². The molecular weight excluding hydrogens is 1280 g/mol. The summed E-state index contributed by atoms with van der Waals surface area (Å²) in [6.45, 7) is 16.4. The van der Waals surface area contributed by atoms with Crippen molar-refractivity contribution in [3.05, 3.63) is 78.0 Å². The molecule has 3 aromatic rings. The number of H-pyrrole nitrogens is 1. The average Bonchev–Trinajstić information content (AvgIpc) is 1.81. The highest BCUT2D eigenvalue weighted by molar-refractivity contribution is 6.00. The maximum atomic E-state index is 15.0. The van der Waals surface area contributed by atoms with Crippen LogP contribution < -0.4 is 58.9 Å². The number of primary amides is 1. The Morgan fingerprint density at radius 1 is 0.596 bits per heavy atom. The van der Waals surface area contributed by atoms with Crippen molar-refractivity contribution in [2.24, 2.45) is 23.0 Å². The number of amides is 11. The molecule has 0 radical (unpaired) electrons. The Morgan fingerprint density at radius 2 is 1.11 bits per heavy atom. The van der Waals surface area contributed by atoms with Gasteiger partial charge in [-0.1, -0.05) is 82.5 Å². The number of phenolic OH excluding ortho intramolecular Hbond substituents is 1. The molecule has 0 saturated carbocycles. The fraction of sp³-hybridized carbons (Fsp3) is 0.577. The summed E-state index contributed by atoms with van der Waals surface area (Å²) in [5, 5.41) is 46.9. The van der Waals surface area contributed by atoms with Gasteiger partial charge >= 0.3 is 5.97 Å². The van der Waals surface area contributed by atoms with Crippen molar-refractivity contribution in [2.45, 2.75) is 245 Å². The number of carboxylic acids is 1. The van der Waals surface area contributed by atoms with Crippen molar-refractivity contribution in [1.82, 2.24) is 58.2 Å². The van der Waals surface area contributed by atoms with Gasteiger partial charge < -0.3 is 74.1 Å². The number of rotatable bonds is 24. The molecule has 0 saturated heterocycles. The SMILES string of the molecule is CC(=O)C[C@]1(C)CCCCCC/C=C/CCC[C@@](C)(C(=O)NC(C)C(=O)N[C@@H](C)C(=O)NC(C)C(=O)N[C@@H](C)C(=O)NC(C)C(=O)N[C@@H](C)C(N)=O)NC(=O)[C@H](CC(C)C)CCC(=O)[C@H](Cc2c[nH]c3ccccc23)NC(=O)C(Cc2ccc(O)cc2)NC(=O)[C@H](CCC(=O)O)NC1=O. The molecule has 4 unspecified atom stereocenters. The second-order valence-electron chi connectivity index (χ2n) is 27.2. The topological polar surface area (TPSA) is 442 Å². The monoisotopic (exact) mass is 1380 g/mol. The molecule has 15 N–H and O–H groups in total. The highest BCUT2D eigenvalue weighted by Gasteiger charge is 2.41. The van der Waals surface area contributed by atoms with E-state index in [0.29, 0.717) is 43.2 Å². The first-order valence-electron chi connectivity index (χ1n) is 34.1. The molecule has 0 bridgehead atoms. The number of carboxylic acid groups (broad SMARTS) is 1. The zero-order valence-electron chi connectivity index (χ0n) is 58.9. The molecule has 28 heteroatoms. The number of Topliss-reactive ketones (excluding diaryl/α,β-unsaturated/α-hetero) is 2. The number of benzene rings is 2. The van der Waals surface area contributed by atoms with Gasteiger partial charge in [-0.15, -0.1) is 0 Å². The molecule has 11 amide bonds. The van der Waals surface area contributed by atoms with Crippen molar-refractivity contribution in [1.29, 1.82) is 0 Å². The Labute approximate surface area is 578 Å².